The van der Waals surface area contributed by atoms with Crippen molar-refractivity contribution in [2.24, 2.45) is 0 Å². The minimum absolute atomic E-state index is 0.247. The van der Waals surface area contributed by atoms with Crippen LogP contribution < -0.4 is 15.0 Å². The molecule has 2 aromatic carbocycles. The number of carbonyl (C=O) groups is 2. The number of nitrogens with zero attached hydrogens (tertiary/aromatic N) is 5. The number of rotatable bonds is 8. The zero-order valence-corrected chi connectivity index (χ0v) is 21.7. The van der Waals surface area contributed by atoms with Crippen LogP contribution in [0.5, 0.6) is 5.75 Å². The quantitative estimate of drug-likeness (QED) is 0.371. The average molecular weight is 523 g/mol. The topological polar surface area (TPSA) is 102 Å². The molecule has 0 bridgehead atoms. The number of amides is 2. The number of thiophene rings is 1. The van der Waals surface area contributed by atoms with E-state index in [1.165, 1.54) is 47.6 Å². The van der Waals surface area contributed by atoms with E-state index in [1.807, 2.05) is 38.3 Å². The van der Waals surface area contributed by atoms with Crippen molar-refractivity contribution in [3.63, 3.8) is 0 Å². The zero-order chi connectivity index (χ0) is 26.6. The van der Waals surface area contributed by atoms with Crippen LogP contribution in [0.4, 0.5) is 10.1 Å². The predicted molar refractivity (Wildman–Crippen MR) is 139 cm³/mol. The number of aromatic nitrogens is 4. The highest BCUT2D eigenvalue weighted by atomic mass is 32.1. The van der Waals surface area contributed by atoms with Gasteiger partial charge in [0.05, 0.1) is 12.8 Å². The summed E-state index contributed by atoms with van der Waals surface area (Å²) in [4.78, 5) is 30.8. The van der Waals surface area contributed by atoms with Crippen LogP contribution in [0.25, 0.3) is 11.4 Å². The Morgan fingerprint density at radius 3 is 2.49 bits per heavy atom. The van der Waals surface area contributed by atoms with Crippen molar-refractivity contribution in [2.75, 3.05) is 12.0 Å². The van der Waals surface area contributed by atoms with Crippen molar-refractivity contribution in [1.29, 1.82) is 0 Å². The normalized spacial score (nSPS) is 12.1. The fourth-order valence-corrected chi connectivity index (χ4v) is 4.54. The van der Waals surface area contributed by atoms with Crippen molar-refractivity contribution >= 4 is 28.8 Å². The molecule has 0 aliphatic heterocycles. The summed E-state index contributed by atoms with van der Waals surface area (Å²) < 4.78 is 18.8. The number of hydrogen-bond donors (Lipinski definition) is 1. The molecule has 1 N–H and O–H groups in total. The van der Waals surface area contributed by atoms with Crippen LogP contribution in [0, 0.1) is 5.82 Å². The summed E-state index contributed by atoms with van der Waals surface area (Å²) in [6, 6.07) is 15.3. The fraction of sp³-hybridized carbons (Fsp3) is 0.269. The first-order valence-electron chi connectivity index (χ1n) is 11.5. The van der Waals surface area contributed by atoms with Gasteiger partial charge in [0.2, 0.25) is 11.7 Å². The Labute approximate surface area is 217 Å². The summed E-state index contributed by atoms with van der Waals surface area (Å²) in [5.74, 6) is -0.494. The third kappa shape index (κ3) is 6.18. The fourth-order valence-electron chi connectivity index (χ4n) is 3.73. The van der Waals surface area contributed by atoms with Gasteiger partial charge in [-0.05, 0) is 73.8 Å². The van der Waals surface area contributed by atoms with Crippen molar-refractivity contribution in [3.8, 4) is 17.1 Å². The minimum atomic E-state index is -0.969. The molecule has 0 fully saturated rings. The van der Waals surface area contributed by atoms with Crippen molar-refractivity contribution in [3.05, 3.63) is 76.7 Å². The summed E-state index contributed by atoms with van der Waals surface area (Å²) >= 11 is 1.37. The van der Waals surface area contributed by atoms with Gasteiger partial charge < -0.3 is 10.1 Å². The first-order valence-corrected chi connectivity index (χ1v) is 12.4. The van der Waals surface area contributed by atoms with Gasteiger partial charge in [-0.25, -0.2) is 4.39 Å². The number of anilines is 1. The highest BCUT2D eigenvalue weighted by molar-refractivity contribution is 7.10. The summed E-state index contributed by atoms with van der Waals surface area (Å²) in [7, 11) is 1.50. The minimum Gasteiger partial charge on any atom is -0.495 e. The lowest BCUT2D eigenvalue weighted by Gasteiger charge is -2.33. The van der Waals surface area contributed by atoms with Crippen LogP contribution in [-0.2, 0) is 16.1 Å². The molecule has 9 nitrogen and oxygen atoms in total. The Bertz CT molecular complexity index is 1370. The lowest BCUT2D eigenvalue weighted by atomic mass is 10.1. The molecular weight excluding hydrogens is 495 g/mol. The smallest absolute Gasteiger partial charge is 0.251 e. The first-order chi connectivity index (χ1) is 17.7. The Morgan fingerprint density at radius 1 is 1.11 bits per heavy atom. The molecule has 4 aromatic rings. The molecule has 2 aromatic heterocycles. The number of ether oxygens (including phenoxy) is 1. The van der Waals surface area contributed by atoms with Crippen LogP contribution in [0.3, 0.4) is 0 Å². The first kappa shape index (κ1) is 26.0. The van der Waals surface area contributed by atoms with Gasteiger partial charge >= 0.3 is 0 Å². The highest BCUT2D eigenvalue weighted by Gasteiger charge is 2.36. The molecule has 1 atom stereocenters. The zero-order valence-electron chi connectivity index (χ0n) is 20.9. The van der Waals surface area contributed by atoms with Crippen molar-refractivity contribution in [2.45, 2.75) is 38.9 Å². The summed E-state index contributed by atoms with van der Waals surface area (Å²) in [6.07, 6.45) is 0. The molecule has 0 radical (unpaired) electrons. The highest BCUT2D eigenvalue weighted by Crippen LogP contribution is 2.36. The van der Waals surface area contributed by atoms with Crippen LogP contribution in [0.15, 0.2) is 66.0 Å². The number of nitrogens with one attached hydrogen (secondary N) is 1. The lowest BCUT2D eigenvalue weighted by Crippen LogP contribution is -2.50. The summed E-state index contributed by atoms with van der Waals surface area (Å²) in [5.41, 5.74) is 0.457. The number of methoxy groups -OCH3 is 1. The molecule has 2 heterocycles. The predicted octanol–water partition coefficient (Wildman–Crippen LogP) is 4.24. The molecule has 0 saturated carbocycles. The molecule has 4 rings (SSSR count). The summed E-state index contributed by atoms with van der Waals surface area (Å²) in [5, 5.41) is 17.1. The Morgan fingerprint density at radius 2 is 1.84 bits per heavy atom. The monoisotopic (exact) mass is 522 g/mol. The van der Waals surface area contributed by atoms with E-state index >= 15 is 0 Å². The second kappa shape index (κ2) is 10.9. The molecular formula is C26H27FN6O3S. The van der Waals surface area contributed by atoms with E-state index in [0.717, 1.165) is 4.80 Å². The number of benzene rings is 2. The van der Waals surface area contributed by atoms with Crippen LogP contribution in [0.1, 0.15) is 31.7 Å². The van der Waals surface area contributed by atoms with E-state index in [9.17, 15) is 14.0 Å². The van der Waals surface area contributed by atoms with Crippen molar-refractivity contribution < 1.29 is 18.7 Å². The Hall–Kier alpha value is -4.12. The Kier molecular flexibility index (Phi) is 7.63. The number of tetrazole rings is 1. The largest absolute Gasteiger partial charge is 0.495 e. The second-order valence-electron chi connectivity index (χ2n) is 9.24. The van der Waals surface area contributed by atoms with Gasteiger partial charge in [-0.1, -0.05) is 18.2 Å². The SMILES string of the molecule is COc1ccccc1N(C(=O)Cn1nnc(-c2ccc(F)cc2)n1)[C@H](C(=O)NC(C)(C)C)c1cccs1. The third-order valence-corrected chi connectivity index (χ3v) is 6.19. The number of para-hydroxylation sites is 2. The maximum atomic E-state index is 13.9. The molecule has 0 aliphatic rings. The van der Waals surface area contributed by atoms with Gasteiger partial charge in [-0.2, -0.15) is 4.80 Å². The van der Waals surface area contributed by atoms with Gasteiger partial charge in [0.1, 0.15) is 24.2 Å². The van der Waals surface area contributed by atoms with E-state index < -0.39 is 17.5 Å². The maximum absolute atomic E-state index is 13.9. The molecule has 0 spiro atoms. The van der Waals surface area contributed by atoms with Crippen LogP contribution in [-0.4, -0.2) is 44.7 Å². The van der Waals surface area contributed by atoms with Gasteiger partial charge in [0, 0.05) is 16.0 Å². The number of carbonyl (C=O) groups excluding carboxylic acids is 2. The van der Waals surface area contributed by atoms with E-state index in [0.29, 0.717) is 21.9 Å². The third-order valence-electron chi connectivity index (χ3n) is 5.26. The van der Waals surface area contributed by atoms with Crippen LogP contribution >= 0.6 is 11.3 Å². The maximum Gasteiger partial charge on any atom is 0.251 e. The van der Waals surface area contributed by atoms with Crippen molar-refractivity contribution in [1.82, 2.24) is 25.5 Å². The lowest BCUT2D eigenvalue weighted by molar-refractivity contribution is -0.128. The Balaban J connectivity index is 1.73. The molecule has 0 unspecified atom stereocenters. The van der Waals surface area contributed by atoms with Gasteiger partial charge in [-0.15, -0.1) is 21.5 Å². The van der Waals surface area contributed by atoms with E-state index in [2.05, 4.69) is 20.7 Å². The summed E-state index contributed by atoms with van der Waals surface area (Å²) in [6.45, 7) is 5.34. The van der Waals surface area contributed by atoms with Gasteiger partial charge in [-0.3, -0.25) is 14.5 Å². The molecule has 192 valence electrons. The number of hydrogen-bond acceptors (Lipinski definition) is 7. The molecule has 2 amide bonds. The molecule has 0 aliphatic carbocycles. The molecule has 37 heavy (non-hydrogen) atoms. The van der Waals surface area contributed by atoms with E-state index in [1.54, 1.807) is 24.3 Å². The molecule has 11 heteroatoms. The average Bonchev–Trinajstić information content (AvgIpc) is 3.54. The van der Waals surface area contributed by atoms with Gasteiger partial charge in [0.15, 0.2) is 0 Å². The molecule has 0 saturated heterocycles. The van der Waals surface area contributed by atoms with E-state index in [-0.39, 0.29) is 24.1 Å². The van der Waals surface area contributed by atoms with Crippen LogP contribution in [0.2, 0.25) is 0 Å². The second-order valence-corrected chi connectivity index (χ2v) is 10.2. The van der Waals surface area contributed by atoms with Gasteiger partial charge in [0.25, 0.3) is 5.91 Å². The van der Waals surface area contributed by atoms with E-state index in [4.69, 9.17) is 4.74 Å². The standard InChI is InChI=1S/C26H27FN6O3S/c1-26(2,3)28-25(35)23(21-10-7-15-37-21)33(19-8-5-6-9-20(19)36-4)22(34)16-32-30-24(29-31-32)17-11-13-18(27)14-12-17/h5-15,23H,16H2,1-4H3,(H,28,35)/t23-/m0/s1. The number of halogens is 1.